The second-order valence-electron chi connectivity index (χ2n) is 7.24. The van der Waals surface area contributed by atoms with Gasteiger partial charge in [-0.25, -0.2) is 8.42 Å². The monoisotopic (exact) mass is 455 g/mol. The molecule has 0 saturated carbocycles. The summed E-state index contributed by atoms with van der Waals surface area (Å²) in [6.07, 6.45) is 1.88. The van der Waals surface area contributed by atoms with Gasteiger partial charge in [-0.2, -0.15) is 0 Å². The SMILES string of the molecule is CN(C)C1CCN(C(=O)c2ccc(NS(=O)(=O)c3cc(Cl)ccc3Cl)cc2)CC1. The lowest BCUT2D eigenvalue weighted by Crippen LogP contribution is -2.44. The Bertz CT molecular complexity index is 987. The van der Waals surface area contributed by atoms with E-state index in [4.69, 9.17) is 23.2 Å². The molecule has 1 aliphatic rings. The maximum atomic E-state index is 12.7. The van der Waals surface area contributed by atoms with E-state index in [2.05, 4.69) is 23.7 Å². The molecular weight excluding hydrogens is 433 g/mol. The average Bonchev–Trinajstić information content (AvgIpc) is 2.69. The summed E-state index contributed by atoms with van der Waals surface area (Å²) in [7, 11) is 0.207. The van der Waals surface area contributed by atoms with Crippen LogP contribution in [0.4, 0.5) is 5.69 Å². The second kappa shape index (κ2) is 8.92. The molecule has 1 heterocycles. The summed E-state index contributed by atoms with van der Waals surface area (Å²) in [5, 5.41) is 0.351. The number of nitrogens with one attached hydrogen (secondary N) is 1. The van der Waals surface area contributed by atoms with Crippen LogP contribution in [-0.4, -0.2) is 57.4 Å². The second-order valence-corrected chi connectivity index (χ2v) is 9.74. The van der Waals surface area contributed by atoms with Gasteiger partial charge in [0.05, 0.1) is 5.02 Å². The van der Waals surface area contributed by atoms with Crippen molar-refractivity contribution in [1.29, 1.82) is 0 Å². The van der Waals surface area contributed by atoms with Crippen LogP contribution in [-0.2, 0) is 10.0 Å². The zero-order chi connectivity index (χ0) is 21.2. The molecule has 0 spiro atoms. The third-order valence-electron chi connectivity index (χ3n) is 5.05. The number of hydrogen-bond donors (Lipinski definition) is 1. The van der Waals surface area contributed by atoms with E-state index in [1.54, 1.807) is 24.3 Å². The quantitative estimate of drug-likeness (QED) is 0.740. The van der Waals surface area contributed by atoms with Crippen molar-refractivity contribution in [3.8, 4) is 0 Å². The van der Waals surface area contributed by atoms with Gasteiger partial charge in [0, 0.05) is 35.4 Å². The van der Waals surface area contributed by atoms with E-state index >= 15 is 0 Å². The molecule has 1 N–H and O–H groups in total. The van der Waals surface area contributed by atoms with Crippen molar-refractivity contribution in [3.05, 3.63) is 58.1 Å². The summed E-state index contributed by atoms with van der Waals surface area (Å²) in [4.78, 5) is 16.6. The van der Waals surface area contributed by atoms with Crippen molar-refractivity contribution in [2.75, 3.05) is 31.9 Å². The lowest BCUT2D eigenvalue weighted by molar-refractivity contribution is 0.0663. The predicted molar refractivity (Wildman–Crippen MR) is 116 cm³/mol. The normalized spacial score (nSPS) is 15.6. The van der Waals surface area contributed by atoms with Crippen LogP contribution >= 0.6 is 23.2 Å². The number of rotatable bonds is 5. The smallest absolute Gasteiger partial charge is 0.263 e. The highest BCUT2D eigenvalue weighted by molar-refractivity contribution is 7.92. The zero-order valence-corrected chi connectivity index (χ0v) is 18.6. The molecule has 0 aliphatic carbocycles. The van der Waals surface area contributed by atoms with Crippen LogP contribution in [0.15, 0.2) is 47.4 Å². The third-order valence-corrected chi connectivity index (χ3v) is 7.15. The Balaban J connectivity index is 1.69. The molecule has 2 aromatic rings. The summed E-state index contributed by atoms with van der Waals surface area (Å²) < 4.78 is 27.7. The molecule has 0 radical (unpaired) electrons. The topological polar surface area (TPSA) is 69.7 Å². The summed E-state index contributed by atoms with van der Waals surface area (Å²) in [6.45, 7) is 1.42. The maximum Gasteiger partial charge on any atom is 0.263 e. The number of sulfonamides is 1. The van der Waals surface area contributed by atoms with Gasteiger partial charge in [0.15, 0.2) is 0 Å². The Morgan fingerprint density at radius 3 is 2.28 bits per heavy atom. The number of halogens is 2. The Morgan fingerprint density at radius 2 is 1.69 bits per heavy atom. The van der Waals surface area contributed by atoms with Gasteiger partial charge in [0.2, 0.25) is 0 Å². The minimum absolute atomic E-state index is 0.0468. The molecule has 1 fully saturated rings. The third kappa shape index (κ3) is 5.22. The Morgan fingerprint density at radius 1 is 1.07 bits per heavy atom. The molecule has 0 aromatic heterocycles. The van der Waals surface area contributed by atoms with Crippen molar-refractivity contribution in [1.82, 2.24) is 9.80 Å². The summed E-state index contributed by atoms with van der Waals surface area (Å²) >= 11 is 11.9. The van der Waals surface area contributed by atoms with Gasteiger partial charge in [-0.05, 0) is 69.4 Å². The predicted octanol–water partition coefficient (Wildman–Crippen LogP) is 3.96. The fourth-order valence-corrected chi connectivity index (χ4v) is 5.16. The van der Waals surface area contributed by atoms with E-state index in [1.165, 1.54) is 18.2 Å². The molecule has 29 heavy (non-hydrogen) atoms. The Kier molecular flexibility index (Phi) is 6.73. The molecule has 156 valence electrons. The highest BCUT2D eigenvalue weighted by atomic mass is 35.5. The molecule has 1 aliphatic heterocycles. The fourth-order valence-electron chi connectivity index (χ4n) is 3.34. The van der Waals surface area contributed by atoms with E-state index in [0.717, 1.165) is 12.8 Å². The lowest BCUT2D eigenvalue weighted by atomic mass is 10.0. The number of likely N-dealkylation sites (tertiary alicyclic amines) is 1. The number of amides is 1. The fraction of sp³-hybridized carbons (Fsp3) is 0.350. The number of carbonyl (C=O) groups excluding carboxylic acids is 1. The minimum atomic E-state index is -3.90. The van der Waals surface area contributed by atoms with Gasteiger partial charge in [-0.3, -0.25) is 9.52 Å². The summed E-state index contributed by atoms with van der Waals surface area (Å²) in [6, 6.07) is 11.1. The molecule has 0 atom stereocenters. The maximum absolute atomic E-state index is 12.7. The van der Waals surface area contributed by atoms with Crippen molar-refractivity contribution < 1.29 is 13.2 Å². The first-order chi connectivity index (χ1) is 13.7. The van der Waals surface area contributed by atoms with E-state index in [1.807, 2.05) is 4.90 Å². The Labute approximate surface area is 181 Å². The van der Waals surface area contributed by atoms with E-state index in [0.29, 0.717) is 30.4 Å². The number of anilines is 1. The number of benzene rings is 2. The molecule has 9 heteroatoms. The van der Waals surface area contributed by atoms with E-state index < -0.39 is 10.0 Å². The highest BCUT2D eigenvalue weighted by Crippen LogP contribution is 2.27. The van der Waals surface area contributed by atoms with Gasteiger partial charge in [-0.1, -0.05) is 23.2 Å². The van der Waals surface area contributed by atoms with Crippen LogP contribution in [0.3, 0.4) is 0 Å². The van der Waals surface area contributed by atoms with Crippen LogP contribution in [0, 0.1) is 0 Å². The zero-order valence-electron chi connectivity index (χ0n) is 16.2. The molecule has 0 unspecified atom stereocenters. The van der Waals surface area contributed by atoms with Gasteiger partial charge in [0.1, 0.15) is 4.90 Å². The first kappa shape index (κ1) is 21.9. The van der Waals surface area contributed by atoms with Gasteiger partial charge in [0.25, 0.3) is 15.9 Å². The Hall–Kier alpha value is -1.80. The van der Waals surface area contributed by atoms with Crippen LogP contribution in [0.25, 0.3) is 0 Å². The van der Waals surface area contributed by atoms with Gasteiger partial charge < -0.3 is 9.80 Å². The number of piperidine rings is 1. The lowest BCUT2D eigenvalue weighted by Gasteiger charge is -2.35. The van der Waals surface area contributed by atoms with Crippen LogP contribution in [0.1, 0.15) is 23.2 Å². The molecule has 1 amide bonds. The average molecular weight is 456 g/mol. The van der Waals surface area contributed by atoms with E-state index in [-0.39, 0.29) is 20.8 Å². The van der Waals surface area contributed by atoms with E-state index in [9.17, 15) is 13.2 Å². The van der Waals surface area contributed by atoms with Crippen LogP contribution in [0.5, 0.6) is 0 Å². The van der Waals surface area contributed by atoms with Gasteiger partial charge >= 0.3 is 0 Å². The number of carbonyl (C=O) groups is 1. The summed E-state index contributed by atoms with van der Waals surface area (Å²) in [5.41, 5.74) is 0.862. The minimum Gasteiger partial charge on any atom is -0.339 e. The van der Waals surface area contributed by atoms with Crippen LogP contribution in [0.2, 0.25) is 10.0 Å². The highest BCUT2D eigenvalue weighted by Gasteiger charge is 2.25. The standard InChI is InChI=1S/C20H23Cl2N3O3S/c1-24(2)17-9-11-25(12-10-17)20(26)14-3-6-16(7-4-14)23-29(27,28)19-13-15(21)5-8-18(19)22/h3-8,13,17,23H,9-12H2,1-2H3. The van der Waals surface area contributed by atoms with Crippen molar-refractivity contribution >= 4 is 44.8 Å². The first-order valence-corrected chi connectivity index (χ1v) is 11.4. The molecular formula is C20H23Cl2N3O3S. The molecule has 2 aromatic carbocycles. The number of hydrogen-bond acceptors (Lipinski definition) is 4. The molecule has 3 rings (SSSR count). The molecule has 1 saturated heterocycles. The van der Waals surface area contributed by atoms with Gasteiger partial charge in [-0.15, -0.1) is 0 Å². The largest absolute Gasteiger partial charge is 0.339 e. The van der Waals surface area contributed by atoms with Crippen LogP contribution < -0.4 is 4.72 Å². The van der Waals surface area contributed by atoms with Crippen molar-refractivity contribution in [2.45, 2.75) is 23.8 Å². The van der Waals surface area contributed by atoms with Crippen molar-refractivity contribution in [3.63, 3.8) is 0 Å². The summed E-state index contributed by atoms with van der Waals surface area (Å²) in [5.74, 6) is -0.0468. The van der Waals surface area contributed by atoms with Crippen molar-refractivity contribution in [2.24, 2.45) is 0 Å². The first-order valence-electron chi connectivity index (χ1n) is 9.21. The number of nitrogens with zero attached hydrogens (tertiary/aromatic N) is 2. The molecule has 6 nitrogen and oxygen atoms in total. The molecule has 0 bridgehead atoms.